The maximum atomic E-state index is 12.4. The third-order valence-electron chi connectivity index (χ3n) is 3.87. The molecule has 0 saturated heterocycles. The number of carbonyl (C=O) groups is 2. The first-order valence-electron chi connectivity index (χ1n) is 7.88. The van der Waals surface area contributed by atoms with Gasteiger partial charge in [0, 0.05) is 10.3 Å². The number of carbonyl (C=O) groups excluding carboxylic acids is 2. The van der Waals surface area contributed by atoms with Gasteiger partial charge in [-0.2, -0.15) is 0 Å². The van der Waals surface area contributed by atoms with Crippen LogP contribution in [0, 0.1) is 20.8 Å². The highest BCUT2D eigenvalue weighted by molar-refractivity contribution is 7.16. The Balaban J connectivity index is 1.73. The molecule has 1 amide bonds. The lowest BCUT2D eigenvalue weighted by Crippen LogP contribution is -2.16. The third kappa shape index (κ3) is 3.71. The first-order valence-corrected chi connectivity index (χ1v) is 9.58. The van der Waals surface area contributed by atoms with Gasteiger partial charge in [0.25, 0.3) is 0 Å². The number of thiazole rings is 1. The number of esters is 1. The van der Waals surface area contributed by atoms with E-state index in [0.717, 1.165) is 21.2 Å². The van der Waals surface area contributed by atoms with Gasteiger partial charge in [0.1, 0.15) is 10.8 Å². The molecule has 3 rings (SSSR count). The number of ether oxygens (including phenoxy) is 1. The van der Waals surface area contributed by atoms with E-state index in [2.05, 4.69) is 10.3 Å². The normalized spacial score (nSPS) is 10.8. The molecule has 3 aromatic heterocycles. The minimum atomic E-state index is -0.453. The summed E-state index contributed by atoms with van der Waals surface area (Å²) in [5.41, 5.74) is 1.89. The fourth-order valence-electron chi connectivity index (χ4n) is 2.45. The summed E-state index contributed by atoms with van der Waals surface area (Å²) in [5, 5.41) is 5.88. The van der Waals surface area contributed by atoms with Crippen LogP contribution < -0.4 is 5.32 Å². The number of thiophene rings is 1. The van der Waals surface area contributed by atoms with E-state index in [1.165, 1.54) is 29.8 Å². The van der Waals surface area contributed by atoms with Crippen molar-refractivity contribution in [3.63, 3.8) is 0 Å². The van der Waals surface area contributed by atoms with Crippen molar-refractivity contribution in [2.75, 3.05) is 12.4 Å². The number of furan rings is 1. The molecule has 1 N–H and O–H groups in total. The average Bonchev–Trinajstić information content (AvgIpc) is 3.28. The van der Waals surface area contributed by atoms with Gasteiger partial charge in [-0.05, 0) is 38.5 Å². The summed E-state index contributed by atoms with van der Waals surface area (Å²) in [6.07, 6.45) is 0.118. The number of hydrogen-bond donors (Lipinski definition) is 1. The zero-order valence-corrected chi connectivity index (χ0v) is 16.5. The van der Waals surface area contributed by atoms with Gasteiger partial charge < -0.3 is 14.5 Å². The summed E-state index contributed by atoms with van der Waals surface area (Å²) in [4.78, 5) is 29.8. The number of nitrogens with zero attached hydrogens (tertiary/aromatic N) is 1. The summed E-state index contributed by atoms with van der Waals surface area (Å²) < 4.78 is 10.4. The molecule has 8 heteroatoms. The summed E-state index contributed by atoms with van der Waals surface area (Å²) in [6.45, 7) is 5.61. The van der Waals surface area contributed by atoms with Crippen LogP contribution in [0.15, 0.2) is 21.9 Å². The first kappa shape index (κ1) is 18.3. The molecule has 0 radical (unpaired) electrons. The van der Waals surface area contributed by atoms with Crippen molar-refractivity contribution in [1.29, 1.82) is 0 Å². The minimum absolute atomic E-state index is 0.118. The standard InChI is InChI=1S/C18H18N2O4S2/c1-9-5-6-13(24-9)16-19-12(8-25-16)7-14(21)20-17-15(18(22)23-4)10(2)11(3)26-17/h5-6,8H,7H2,1-4H3,(H,20,21). The lowest BCUT2D eigenvalue weighted by Gasteiger charge is -2.05. The topological polar surface area (TPSA) is 81.4 Å². The van der Waals surface area contributed by atoms with E-state index >= 15 is 0 Å². The number of amides is 1. The van der Waals surface area contributed by atoms with E-state index in [1.807, 2.05) is 38.3 Å². The minimum Gasteiger partial charge on any atom is -0.465 e. The highest BCUT2D eigenvalue weighted by atomic mass is 32.1. The SMILES string of the molecule is COC(=O)c1c(NC(=O)Cc2csc(-c3ccc(C)o3)n2)sc(C)c1C. The Morgan fingerprint density at radius 1 is 1.27 bits per heavy atom. The number of anilines is 1. The van der Waals surface area contributed by atoms with Gasteiger partial charge in [0.2, 0.25) is 5.91 Å². The Morgan fingerprint density at radius 2 is 2.04 bits per heavy atom. The summed E-state index contributed by atoms with van der Waals surface area (Å²) in [5.74, 6) is 0.820. The maximum absolute atomic E-state index is 12.4. The van der Waals surface area contributed by atoms with Crippen LogP contribution >= 0.6 is 22.7 Å². The summed E-state index contributed by atoms with van der Waals surface area (Å²) >= 11 is 2.79. The zero-order chi connectivity index (χ0) is 18.8. The lowest BCUT2D eigenvalue weighted by atomic mass is 10.1. The molecule has 0 bridgehead atoms. The molecule has 0 aliphatic heterocycles. The molecular weight excluding hydrogens is 372 g/mol. The van der Waals surface area contributed by atoms with E-state index in [4.69, 9.17) is 9.15 Å². The predicted octanol–water partition coefficient (Wildman–Crippen LogP) is 4.36. The van der Waals surface area contributed by atoms with Gasteiger partial charge in [0.05, 0.1) is 24.8 Å². The fraction of sp³-hybridized carbons (Fsp3) is 0.278. The van der Waals surface area contributed by atoms with Crippen LogP contribution in [0.2, 0.25) is 0 Å². The van der Waals surface area contributed by atoms with Crippen LogP contribution in [0.3, 0.4) is 0 Å². The van der Waals surface area contributed by atoms with Gasteiger partial charge in [-0.15, -0.1) is 22.7 Å². The van der Waals surface area contributed by atoms with Crippen LogP contribution in [-0.4, -0.2) is 24.0 Å². The maximum Gasteiger partial charge on any atom is 0.341 e. The van der Waals surface area contributed by atoms with Gasteiger partial charge in [-0.25, -0.2) is 9.78 Å². The van der Waals surface area contributed by atoms with Crippen LogP contribution in [0.4, 0.5) is 5.00 Å². The van der Waals surface area contributed by atoms with E-state index in [9.17, 15) is 9.59 Å². The van der Waals surface area contributed by atoms with Crippen LogP contribution in [0.25, 0.3) is 10.8 Å². The van der Waals surface area contributed by atoms with Crippen LogP contribution in [0.5, 0.6) is 0 Å². The monoisotopic (exact) mass is 390 g/mol. The van der Waals surface area contributed by atoms with Crippen molar-refractivity contribution in [2.45, 2.75) is 27.2 Å². The Bertz CT molecular complexity index is 968. The molecule has 3 aromatic rings. The van der Waals surface area contributed by atoms with E-state index in [-0.39, 0.29) is 12.3 Å². The molecule has 0 saturated carbocycles. The number of hydrogen-bond acceptors (Lipinski definition) is 7. The Kier molecular flexibility index (Phi) is 5.24. The number of aryl methyl sites for hydroxylation is 2. The second kappa shape index (κ2) is 7.43. The Labute approximate surface area is 158 Å². The van der Waals surface area contributed by atoms with E-state index < -0.39 is 5.97 Å². The van der Waals surface area contributed by atoms with Crippen molar-refractivity contribution in [3.05, 3.63) is 45.0 Å². The lowest BCUT2D eigenvalue weighted by molar-refractivity contribution is -0.115. The van der Waals surface area contributed by atoms with Gasteiger partial charge in [-0.3, -0.25) is 4.79 Å². The molecule has 26 heavy (non-hydrogen) atoms. The molecule has 0 fully saturated rings. The number of nitrogens with one attached hydrogen (secondary N) is 1. The van der Waals surface area contributed by atoms with E-state index in [0.29, 0.717) is 22.0 Å². The number of rotatable bonds is 5. The highest BCUT2D eigenvalue weighted by Gasteiger charge is 2.22. The quantitative estimate of drug-likeness (QED) is 0.655. The van der Waals surface area contributed by atoms with E-state index in [1.54, 1.807) is 0 Å². The molecular formula is C18H18N2O4S2. The van der Waals surface area contributed by atoms with Gasteiger partial charge >= 0.3 is 5.97 Å². The Morgan fingerprint density at radius 3 is 2.69 bits per heavy atom. The van der Waals surface area contributed by atoms with Crippen molar-refractivity contribution in [2.24, 2.45) is 0 Å². The molecule has 0 aromatic carbocycles. The molecule has 0 aliphatic carbocycles. The summed E-state index contributed by atoms with van der Waals surface area (Å²) in [7, 11) is 1.33. The largest absolute Gasteiger partial charge is 0.465 e. The second-order valence-corrected chi connectivity index (χ2v) is 7.84. The fourth-order valence-corrected chi connectivity index (χ4v) is 4.29. The highest BCUT2D eigenvalue weighted by Crippen LogP contribution is 2.33. The molecule has 0 aliphatic rings. The zero-order valence-electron chi connectivity index (χ0n) is 14.8. The van der Waals surface area contributed by atoms with Gasteiger partial charge in [-0.1, -0.05) is 0 Å². The van der Waals surface area contributed by atoms with Crippen LogP contribution in [0.1, 0.15) is 32.3 Å². The number of aromatic nitrogens is 1. The molecule has 136 valence electrons. The molecule has 0 atom stereocenters. The predicted molar refractivity (Wildman–Crippen MR) is 102 cm³/mol. The molecule has 3 heterocycles. The average molecular weight is 390 g/mol. The van der Waals surface area contributed by atoms with Crippen LogP contribution in [-0.2, 0) is 16.0 Å². The summed E-state index contributed by atoms with van der Waals surface area (Å²) in [6, 6.07) is 3.73. The molecule has 0 spiro atoms. The molecule has 6 nitrogen and oxygen atoms in total. The third-order valence-corrected chi connectivity index (χ3v) is 5.90. The second-order valence-electron chi connectivity index (χ2n) is 5.76. The smallest absolute Gasteiger partial charge is 0.341 e. The van der Waals surface area contributed by atoms with Crippen molar-refractivity contribution >= 4 is 39.6 Å². The Hall–Kier alpha value is -2.45. The van der Waals surface area contributed by atoms with Crippen molar-refractivity contribution in [3.8, 4) is 10.8 Å². The van der Waals surface area contributed by atoms with Crippen molar-refractivity contribution < 1.29 is 18.7 Å². The number of methoxy groups -OCH3 is 1. The first-order chi connectivity index (χ1) is 12.4. The molecule has 0 unspecified atom stereocenters. The van der Waals surface area contributed by atoms with Gasteiger partial charge in [0.15, 0.2) is 10.8 Å². The van der Waals surface area contributed by atoms with Crippen molar-refractivity contribution in [1.82, 2.24) is 4.98 Å².